The summed E-state index contributed by atoms with van der Waals surface area (Å²) in [7, 11) is 6.24. The molecule has 1 unspecified atom stereocenters. The van der Waals surface area contributed by atoms with Gasteiger partial charge in [-0.3, -0.25) is 14.7 Å². The lowest BCUT2D eigenvalue weighted by molar-refractivity contribution is 0.319. The number of anilines is 2. The van der Waals surface area contributed by atoms with Gasteiger partial charge < -0.3 is 24.3 Å². The van der Waals surface area contributed by atoms with Gasteiger partial charge in [0.2, 0.25) is 17.7 Å². The van der Waals surface area contributed by atoms with Crippen molar-refractivity contribution in [3.63, 3.8) is 0 Å². The lowest BCUT2D eigenvalue weighted by Crippen LogP contribution is -2.39. The van der Waals surface area contributed by atoms with Gasteiger partial charge in [-0.25, -0.2) is 9.98 Å². The Balaban J connectivity index is 1.90. The molecule has 1 aliphatic rings. The highest BCUT2D eigenvalue weighted by Crippen LogP contribution is 2.44. The molecule has 35 heavy (non-hydrogen) atoms. The number of fused-ring (bicyclic) bond motifs is 1. The first-order valence-corrected chi connectivity index (χ1v) is 11.1. The van der Waals surface area contributed by atoms with Crippen LogP contribution in [0.1, 0.15) is 29.9 Å². The molecule has 4 rings (SSSR count). The molecule has 2 N–H and O–H groups in total. The Labute approximate surface area is 203 Å². The van der Waals surface area contributed by atoms with Crippen LogP contribution in [0.15, 0.2) is 46.2 Å². The van der Waals surface area contributed by atoms with Crippen LogP contribution < -0.4 is 35.1 Å². The molecule has 10 heteroatoms. The normalized spacial score (nSPS) is 14.3. The number of nitrogens with zero attached hydrogens (tertiary/aromatic N) is 3. The van der Waals surface area contributed by atoms with E-state index < -0.39 is 6.17 Å². The van der Waals surface area contributed by atoms with Crippen molar-refractivity contribution in [2.24, 2.45) is 4.99 Å². The van der Waals surface area contributed by atoms with Gasteiger partial charge in [0.1, 0.15) is 5.75 Å². The SMILES string of the molecule is CCc1c(C)nc2n(c1=O)C(c1ccc(OC)c(OC)c1OC)N=C(Nc1ccc(OC)cc1)N2. The smallest absolute Gasteiger partial charge is 0.260 e. The van der Waals surface area contributed by atoms with E-state index in [9.17, 15) is 4.79 Å². The first-order valence-electron chi connectivity index (χ1n) is 11.1. The van der Waals surface area contributed by atoms with Gasteiger partial charge in [0, 0.05) is 22.5 Å². The Kier molecular flexibility index (Phi) is 6.81. The molecule has 1 atom stereocenters. The molecule has 0 fully saturated rings. The maximum Gasteiger partial charge on any atom is 0.260 e. The van der Waals surface area contributed by atoms with E-state index in [2.05, 4.69) is 15.6 Å². The number of nitrogens with one attached hydrogen (secondary N) is 2. The summed E-state index contributed by atoms with van der Waals surface area (Å²) >= 11 is 0. The molecule has 1 aliphatic heterocycles. The van der Waals surface area contributed by atoms with Crippen LogP contribution in [0.4, 0.5) is 11.6 Å². The fraction of sp³-hybridized carbons (Fsp3) is 0.320. The molecule has 1 aromatic heterocycles. The third kappa shape index (κ3) is 4.34. The number of rotatable bonds is 7. The highest BCUT2D eigenvalue weighted by atomic mass is 16.5. The summed E-state index contributed by atoms with van der Waals surface area (Å²) in [6, 6.07) is 11.0. The van der Waals surface area contributed by atoms with Crippen LogP contribution in [0.3, 0.4) is 0 Å². The highest BCUT2D eigenvalue weighted by Gasteiger charge is 2.31. The lowest BCUT2D eigenvalue weighted by Gasteiger charge is -2.29. The third-order valence-corrected chi connectivity index (χ3v) is 5.86. The molecule has 0 amide bonds. The minimum Gasteiger partial charge on any atom is -0.497 e. The van der Waals surface area contributed by atoms with E-state index in [0.29, 0.717) is 52.4 Å². The Morgan fingerprint density at radius 3 is 2.29 bits per heavy atom. The van der Waals surface area contributed by atoms with Gasteiger partial charge in [-0.05, 0) is 49.7 Å². The van der Waals surface area contributed by atoms with Crippen LogP contribution in [-0.4, -0.2) is 43.9 Å². The highest BCUT2D eigenvalue weighted by molar-refractivity contribution is 6.03. The van der Waals surface area contributed by atoms with Crippen molar-refractivity contribution in [2.75, 3.05) is 39.1 Å². The predicted molar refractivity (Wildman–Crippen MR) is 135 cm³/mol. The van der Waals surface area contributed by atoms with E-state index in [1.807, 2.05) is 44.2 Å². The lowest BCUT2D eigenvalue weighted by atomic mass is 10.1. The second-order valence-corrected chi connectivity index (χ2v) is 7.78. The molecule has 0 saturated heterocycles. The zero-order valence-corrected chi connectivity index (χ0v) is 20.6. The van der Waals surface area contributed by atoms with Gasteiger partial charge in [-0.2, -0.15) is 0 Å². The molecule has 0 bridgehead atoms. The first-order chi connectivity index (χ1) is 16.9. The topological polar surface area (TPSA) is 108 Å². The minimum absolute atomic E-state index is 0.170. The Morgan fingerprint density at radius 2 is 1.69 bits per heavy atom. The van der Waals surface area contributed by atoms with Crippen molar-refractivity contribution < 1.29 is 18.9 Å². The summed E-state index contributed by atoms with van der Waals surface area (Å²) in [4.78, 5) is 23.1. The summed E-state index contributed by atoms with van der Waals surface area (Å²) in [5, 5.41) is 6.42. The second-order valence-electron chi connectivity index (χ2n) is 7.78. The molecule has 0 saturated carbocycles. The Hall–Kier alpha value is -4.21. The fourth-order valence-corrected chi connectivity index (χ4v) is 4.13. The van der Waals surface area contributed by atoms with E-state index in [0.717, 1.165) is 11.4 Å². The molecular formula is C25H29N5O5. The van der Waals surface area contributed by atoms with Gasteiger partial charge in [-0.15, -0.1) is 0 Å². The van der Waals surface area contributed by atoms with E-state index in [-0.39, 0.29) is 5.56 Å². The largest absolute Gasteiger partial charge is 0.497 e. The average Bonchev–Trinajstić information content (AvgIpc) is 2.87. The number of aryl methyl sites for hydroxylation is 1. The summed E-state index contributed by atoms with van der Waals surface area (Å²) in [5.74, 6) is 2.87. The summed E-state index contributed by atoms with van der Waals surface area (Å²) in [5.41, 5.74) is 2.53. The van der Waals surface area contributed by atoms with Crippen LogP contribution in [-0.2, 0) is 6.42 Å². The van der Waals surface area contributed by atoms with Gasteiger partial charge >= 0.3 is 0 Å². The molecule has 184 valence electrons. The van der Waals surface area contributed by atoms with Gasteiger partial charge in [0.05, 0.1) is 28.4 Å². The predicted octanol–water partition coefficient (Wildman–Crippen LogP) is 3.59. The van der Waals surface area contributed by atoms with Gasteiger partial charge in [-0.1, -0.05) is 6.92 Å². The molecule has 2 heterocycles. The number of guanidine groups is 1. The summed E-state index contributed by atoms with van der Waals surface area (Å²) in [6.07, 6.45) is -0.221. The Morgan fingerprint density at radius 1 is 0.971 bits per heavy atom. The number of hydrogen-bond donors (Lipinski definition) is 2. The van der Waals surface area contributed by atoms with Gasteiger partial charge in [0.15, 0.2) is 17.7 Å². The number of hydrogen-bond acceptors (Lipinski definition) is 9. The molecule has 10 nitrogen and oxygen atoms in total. The number of aliphatic imine (C=N–C) groups is 1. The van der Waals surface area contributed by atoms with Crippen LogP contribution in [0, 0.1) is 6.92 Å². The van der Waals surface area contributed by atoms with Crippen molar-refractivity contribution in [2.45, 2.75) is 26.4 Å². The quantitative estimate of drug-likeness (QED) is 0.529. The second kappa shape index (κ2) is 9.96. The zero-order chi connectivity index (χ0) is 25.1. The molecular weight excluding hydrogens is 450 g/mol. The van der Waals surface area contributed by atoms with Crippen molar-refractivity contribution in [1.82, 2.24) is 9.55 Å². The van der Waals surface area contributed by atoms with Crippen LogP contribution in [0.2, 0.25) is 0 Å². The summed E-state index contributed by atoms with van der Waals surface area (Å²) in [6.45, 7) is 3.76. The number of aromatic nitrogens is 2. The van der Waals surface area contributed by atoms with Crippen molar-refractivity contribution in [3.8, 4) is 23.0 Å². The van der Waals surface area contributed by atoms with E-state index in [4.69, 9.17) is 23.9 Å². The maximum absolute atomic E-state index is 13.5. The van der Waals surface area contributed by atoms with Gasteiger partial charge in [0.25, 0.3) is 5.56 Å². The summed E-state index contributed by atoms with van der Waals surface area (Å²) < 4.78 is 23.5. The Bertz CT molecular complexity index is 1320. The van der Waals surface area contributed by atoms with Crippen LogP contribution >= 0.6 is 0 Å². The maximum atomic E-state index is 13.5. The van der Waals surface area contributed by atoms with Crippen molar-refractivity contribution in [1.29, 1.82) is 0 Å². The minimum atomic E-state index is -0.771. The van der Waals surface area contributed by atoms with E-state index in [1.54, 1.807) is 20.3 Å². The van der Waals surface area contributed by atoms with Crippen LogP contribution in [0.5, 0.6) is 23.0 Å². The molecule has 0 spiro atoms. The zero-order valence-electron chi connectivity index (χ0n) is 20.6. The van der Waals surface area contributed by atoms with Crippen molar-refractivity contribution >= 4 is 17.6 Å². The monoisotopic (exact) mass is 479 g/mol. The molecule has 0 radical (unpaired) electrons. The standard InChI is InChI=1S/C25H29N5O5/c1-7-17-14(2)26-25-29-24(27-15-8-10-16(32-3)11-9-15)28-22(30(25)23(17)31)18-12-13-19(33-4)21(35-6)20(18)34-5/h8-13,22H,7H2,1-6H3,(H2,26,27,28,29). The molecule has 2 aromatic carbocycles. The number of ether oxygens (including phenoxy) is 4. The number of benzene rings is 2. The first kappa shape index (κ1) is 23.9. The third-order valence-electron chi connectivity index (χ3n) is 5.86. The van der Waals surface area contributed by atoms with E-state index in [1.165, 1.54) is 18.8 Å². The van der Waals surface area contributed by atoms with Crippen LogP contribution in [0.25, 0.3) is 0 Å². The van der Waals surface area contributed by atoms with E-state index >= 15 is 0 Å². The average molecular weight is 480 g/mol. The fourth-order valence-electron chi connectivity index (χ4n) is 4.13. The molecule has 3 aromatic rings. The number of methoxy groups -OCH3 is 4. The van der Waals surface area contributed by atoms with Crippen molar-refractivity contribution in [3.05, 3.63) is 63.6 Å². The molecule has 0 aliphatic carbocycles.